The van der Waals surface area contributed by atoms with E-state index in [1.165, 1.54) is 7.11 Å². The van der Waals surface area contributed by atoms with Crippen LogP contribution < -0.4 is 5.32 Å². The maximum Gasteiger partial charge on any atom is 0.319 e. The van der Waals surface area contributed by atoms with Crippen LogP contribution in [0, 0.1) is 11.6 Å². The molecule has 0 heterocycles. The van der Waals surface area contributed by atoms with Crippen LogP contribution >= 0.6 is 0 Å². The first-order valence-corrected chi connectivity index (χ1v) is 6.50. The summed E-state index contributed by atoms with van der Waals surface area (Å²) in [5.74, 6) is -2.51. The maximum atomic E-state index is 13.4. The molecule has 7 heteroatoms. The Labute approximate surface area is 121 Å². The molecule has 116 valence electrons. The number of carbonyl (C=O) groups excluding carboxylic acids is 2. The molecule has 0 atom stereocenters. The van der Waals surface area contributed by atoms with Gasteiger partial charge >= 0.3 is 5.97 Å². The number of methoxy groups -OCH3 is 1. The predicted molar refractivity (Wildman–Crippen MR) is 73.7 cm³/mol. The van der Waals surface area contributed by atoms with Crippen LogP contribution in [0.25, 0.3) is 0 Å². The average Bonchev–Trinajstić information content (AvgIpc) is 2.42. The highest BCUT2D eigenvalue weighted by atomic mass is 19.1. The molecule has 1 aromatic rings. The van der Waals surface area contributed by atoms with Crippen molar-refractivity contribution in [3.05, 3.63) is 29.8 Å². The first-order chi connectivity index (χ1) is 9.96. The molecule has 0 unspecified atom stereocenters. The Bertz CT molecular complexity index is 509. The predicted octanol–water partition coefficient (Wildman–Crippen LogP) is 1.79. The first-order valence-electron chi connectivity index (χ1n) is 6.50. The number of nitrogens with one attached hydrogen (secondary N) is 1. The molecule has 0 bridgehead atoms. The fraction of sp³-hybridized carbons (Fsp3) is 0.429. The molecular weight excluding hydrogens is 282 g/mol. The largest absolute Gasteiger partial charge is 0.468 e. The third-order valence-electron chi connectivity index (χ3n) is 2.69. The van der Waals surface area contributed by atoms with E-state index in [1.54, 1.807) is 4.90 Å². The van der Waals surface area contributed by atoms with E-state index in [2.05, 4.69) is 10.1 Å². The van der Waals surface area contributed by atoms with Crippen molar-refractivity contribution < 1.29 is 23.1 Å². The Morgan fingerprint density at radius 1 is 1.29 bits per heavy atom. The molecule has 0 radical (unpaired) electrons. The van der Waals surface area contributed by atoms with Gasteiger partial charge in [0.05, 0.1) is 25.9 Å². The summed E-state index contributed by atoms with van der Waals surface area (Å²) in [7, 11) is 1.26. The molecule has 1 aromatic carbocycles. The lowest BCUT2D eigenvalue weighted by Gasteiger charge is -2.19. The molecule has 0 saturated heterocycles. The minimum atomic E-state index is -0.849. The maximum absolute atomic E-state index is 13.4. The van der Waals surface area contributed by atoms with E-state index in [1.807, 2.05) is 6.92 Å². The summed E-state index contributed by atoms with van der Waals surface area (Å²) in [4.78, 5) is 24.7. The molecule has 1 rings (SSSR count). The number of rotatable bonds is 7. The van der Waals surface area contributed by atoms with E-state index < -0.39 is 23.5 Å². The first kappa shape index (κ1) is 17.0. The van der Waals surface area contributed by atoms with Gasteiger partial charge in [-0.15, -0.1) is 0 Å². The van der Waals surface area contributed by atoms with Crippen molar-refractivity contribution in [1.29, 1.82) is 0 Å². The van der Waals surface area contributed by atoms with Crippen molar-refractivity contribution in [1.82, 2.24) is 4.90 Å². The molecule has 21 heavy (non-hydrogen) atoms. The van der Waals surface area contributed by atoms with E-state index in [4.69, 9.17) is 0 Å². The smallest absolute Gasteiger partial charge is 0.319 e. The number of carbonyl (C=O) groups is 2. The number of hydrogen-bond acceptors (Lipinski definition) is 4. The Morgan fingerprint density at radius 3 is 2.57 bits per heavy atom. The molecule has 0 spiro atoms. The van der Waals surface area contributed by atoms with Gasteiger partial charge in [0.15, 0.2) is 0 Å². The fourth-order valence-corrected chi connectivity index (χ4v) is 1.76. The molecule has 1 N–H and O–H groups in total. The molecule has 5 nitrogen and oxygen atoms in total. The van der Waals surface area contributed by atoms with Crippen LogP contribution in [0.5, 0.6) is 0 Å². The van der Waals surface area contributed by atoms with Crippen LogP contribution in [0.3, 0.4) is 0 Å². The number of hydrogen-bond donors (Lipinski definition) is 1. The fourth-order valence-electron chi connectivity index (χ4n) is 1.76. The molecule has 0 fully saturated rings. The van der Waals surface area contributed by atoms with Crippen LogP contribution in [0.1, 0.15) is 13.3 Å². The Hall–Kier alpha value is -2.02. The second-order valence-electron chi connectivity index (χ2n) is 4.46. The van der Waals surface area contributed by atoms with Gasteiger partial charge in [-0.05, 0) is 25.1 Å². The summed E-state index contributed by atoms with van der Waals surface area (Å²) in [5.41, 5.74) is -0.101. The minimum Gasteiger partial charge on any atom is -0.468 e. The van der Waals surface area contributed by atoms with E-state index in [0.29, 0.717) is 12.6 Å². The number of ether oxygens (including phenoxy) is 1. The van der Waals surface area contributed by atoms with Gasteiger partial charge in [0, 0.05) is 6.07 Å². The van der Waals surface area contributed by atoms with Gasteiger partial charge in [-0.3, -0.25) is 14.5 Å². The van der Waals surface area contributed by atoms with E-state index >= 15 is 0 Å². The molecule has 0 aliphatic rings. The normalized spacial score (nSPS) is 10.5. The van der Waals surface area contributed by atoms with Crippen LogP contribution in [0.4, 0.5) is 14.5 Å². The number of esters is 1. The van der Waals surface area contributed by atoms with Crippen LogP contribution in [0.15, 0.2) is 18.2 Å². The average molecular weight is 300 g/mol. The molecule has 0 saturated carbocycles. The van der Waals surface area contributed by atoms with Gasteiger partial charge in [-0.1, -0.05) is 6.92 Å². The topological polar surface area (TPSA) is 58.6 Å². The summed E-state index contributed by atoms with van der Waals surface area (Å²) in [6.45, 7) is 2.32. The molecular formula is C14H18F2N2O3. The van der Waals surface area contributed by atoms with E-state index in [9.17, 15) is 18.4 Å². The van der Waals surface area contributed by atoms with Gasteiger partial charge in [0.25, 0.3) is 0 Å². The lowest BCUT2D eigenvalue weighted by molar-refractivity contribution is -0.142. The van der Waals surface area contributed by atoms with Gasteiger partial charge < -0.3 is 10.1 Å². The monoisotopic (exact) mass is 300 g/mol. The molecule has 0 aromatic heterocycles. The zero-order valence-electron chi connectivity index (χ0n) is 12.0. The van der Waals surface area contributed by atoms with E-state index in [0.717, 1.165) is 18.6 Å². The second-order valence-corrected chi connectivity index (χ2v) is 4.46. The van der Waals surface area contributed by atoms with Crippen molar-refractivity contribution >= 4 is 17.6 Å². The highest BCUT2D eigenvalue weighted by Gasteiger charge is 2.15. The van der Waals surface area contributed by atoms with Crippen molar-refractivity contribution in [3.8, 4) is 0 Å². The Kier molecular flexibility index (Phi) is 6.74. The van der Waals surface area contributed by atoms with Crippen LogP contribution in [0.2, 0.25) is 0 Å². The number of amides is 1. The van der Waals surface area contributed by atoms with Gasteiger partial charge in [0.2, 0.25) is 5.91 Å². The number of nitrogens with zero attached hydrogens (tertiary/aromatic N) is 1. The molecule has 0 aliphatic heterocycles. The summed E-state index contributed by atoms with van der Waals surface area (Å²) < 4.78 is 30.7. The van der Waals surface area contributed by atoms with Crippen LogP contribution in [-0.4, -0.2) is 43.5 Å². The Morgan fingerprint density at radius 2 is 2.00 bits per heavy atom. The van der Waals surface area contributed by atoms with Gasteiger partial charge in [-0.2, -0.15) is 0 Å². The minimum absolute atomic E-state index is 0.0241. The van der Waals surface area contributed by atoms with Gasteiger partial charge in [0.1, 0.15) is 11.6 Å². The summed E-state index contributed by atoms with van der Waals surface area (Å²) in [5, 5.41) is 2.34. The van der Waals surface area contributed by atoms with Crippen LogP contribution in [-0.2, 0) is 14.3 Å². The highest BCUT2D eigenvalue weighted by Crippen LogP contribution is 2.14. The second kappa shape index (κ2) is 8.31. The lowest BCUT2D eigenvalue weighted by atomic mass is 10.3. The third kappa shape index (κ3) is 5.86. The van der Waals surface area contributed by atoms with Crippen molar-refractivity contribution in [2.75, 3.05) is 32.1 Å². The standard InChI is InChI=1S/C14H18F2N2O3/c1-3-6-18(9-14(20)21-2)8-13(19)17-12-5-4-10(15)7-11(12)16/h4-5,7H,3,6,8-9H2,1-2H3,(H,17,19). The highest BCUT2D eigenvalue weighted by molar-refractivity contribution is 5.92. The van der Waals surface area contributed by atoms with Gasteiger partial charge in [-0.25, -0.2) is 8.78 Å². The summed E-state index contributed by atoms with van der Waals surface area (Å²) in [6, 6.07) is 2.89. The zero-order chi connectivity index (χ0) is 15.8. The van der Waals surface area contributed by atoms with Crippen molar-refractivity contribution in [2.24, 2.45) is 0 Å². The Balaban J connectivity index is 2.62. The third-order valence-corrected chi connectivity index (χ3v) is 2.69. The van der Waals surface area contributed by atoms with Crippen molar-refractivity contribution in [2.45, 2.75) is 13.3 Å². The molecule has 0 aliphatic carbocycles. The zero-order valence-corrected chi connectivity index (χ0v) is 12.0. The van der Waals surface area contributed by atoms with E-state index in [-0.39, 0.29) is 18.8 Å². The quantitative estimate of drug-likeness (QED) is 0.780. The number of benzene rings is 1. The molecule has 1 amide bonds. The lowest BCUT2D eigenvalue weighted by Crippen LogP contribution is -2.37. The number of anilines is 1. The number of halogens is 2. The summed E-state index contributed by atoms with van der Waals surface area (Å²) in [6.07, 6.45) is 0.745. The van der Waals surface area contributed by atoms with Crippen molar-refractivity contribution in [3.63, 3.8) is 0 Å². The summed E-state index contributed by atoms with van der Waals surface area (Å²) >= 11 is 0. The SMILES string of the molecule is CCCN(CC(=O)Nc1ccc(F)cc1F)CC(=O)OC.